The summed E-state index contributed by atoms with van der Waals surface area (Å²) in [6, 6.07) is 18.5. The lowest BCUT2D eigenvalue weighted by molar-refractivity contribution is 0.437. The summed E-state index contributed by atoms with van der Waals surface area (Å²) in [5.74, 6) is -0.691. The Balaban J connectivity index is 1.89. The molecule has 0 radical (unpaired) electrons. The van der Waals surface area contributed by atoms with Crippen LogP contribution in [-0.2, 0) is 0 Å². The van der Waals surface area contributed by atoms with Crippen molar-refractivity contribution in [1.82, 2.24) is 10.2 Å². The summed E-state index contributed by atoms with van der Waals surface area (Å²) in [6.45, 7) is 2.04. The molecule has 2 heterocycles. The Bertz CT molecular complexity index is 1030. The van der Waals surface area contributed by atoms with Crippen molar-refractivity contribution in [2.24, 2.45) is 5.92 Å². The van der Waals surface area contributed by atoms with E-state index in [0.717, 1.165) is 27.3 Å². The Hall–Kier alpha value is -3.04. The van der Waals surface area contributed by atoms with Crippen LogP contribution in [0.3, 0.4) is 0 Å². The maximum absolute atomic E-state index is 9.75. The van der Waals surface area contributed by atoms with Crippen LogP contribution in [0.1, 0.15) is 22.6 Å². The van der Waals surface area contributed by atoms with Crippen molar-refractivity contribution in [3.63, 3.8) is 0 Å². The molecule has 1 aliphatic heterocycles. The summed E-state index contributed by atoms with van der Waals surface area (Å²) >= 11 is 1.67. The number of aromatic nitrogens is 2. The molecule has 5 nitrogen and oxygen atoms in total. The second-order valence-electron chi connectivity index (χ2n) is 6.51. The number of fused-ring (bicyclic) bond motifs is 1. The number of nitriles is 1. The quantitative estimate of drug-likeness (QED) is 0.648. The molecule has 0 bridgehead atoms. The number of benzene rings is 2. The van der Waals surface area contributed by atoms with E-state index in [9.17, 15) is 5.26 Å². The van der Waals surface area contributed by atoms with Crippen LogP contribution in [0.25, 0.3) is 11.3 Å². The van der Waals surface area contributed by atoms with Crippen molar-refractivity contribution in [3.05, 3.63) is 65.2 Å². The summed E-state index contributed by atoms with van der Waals surface area (Å²) in [6.07, 6.45) is 2.03. The minimum atomic E-state index is -0.695. The predicted molar refractivity (Wildman–Crippen MR) is 106 cm³/mol. The highest BCUT2D eigenvalue weighted by Gasteiger charge is 2.40. The summed E-state index contributed by atoms with van der Waals surface area (Å²) in [5.41, 5.74) is 4.79. The average Bonchev–Trinajstić information content (AvgIpc) is 3.11. The van der Waals surface area contributed by atoms with Gasteiger partial charge in [-0.05, 0) is 36.4 Å². The van der Waals surface area contributed by atoms with E-state index in [0.29, 0.717) is 5.88 Å². The van der Waals surface area contributed by atoms with Crippen molar-refractivity contribution in [2.75, 3.05) is 6.26 Å². The zero-order valence-corrected chi connectivity index (χ0v) is 15.8. The van der Waals surface area contributed by atoms with E-state index in [1.54, 1.807) is 11.8 Å². The topological polar surface area (TPSA) is 85.5 Å². The first-order chi connectivity index (χ1) is 13.1. The second-order valence-corrected chi connectivity index (χ2v) is 7.39. The van der Waals surface area contributed by atoms with Crippen LogP contribution >= 0.6 is 11.8 Å². The lowest BCUT2D eigenvalue weighted by atomic mass is 9.79. The molecule has 0 saturated carbocycles. The van der Waals surface area contributed by atoms with Gasteiger partial charge in [-0.3, -0.25) is 10.5 Å². The van der Waals surface area contributed by atoms with E-state index in [1.807, 2.05) is 61.7 Å². The summed E-state index contributed by atoms with van der Waals surface area (Å²) in [4.78, 5) is 1.15. The molecular weight excluding hydrogens is 356 g/mol. The number of rotatable bonds is 3. The van der Waals surface area contributed by atoms with Gasteiger partial charge in [0.15, 0.2) is 0 Å². The summed E-state index contributed by atoms with van der Waals surface area (Å²) in [5, 5.41) is 25.3. The van der Waals surface area contributed by atoms with Gasteiger partial charge in [0.05, 0.1) is 17.3 Å². The highest BCUT2D eigenvalue weighted by molar-refractivity contribution is 7.98. The minimum absolute atomic E-state index is 0.0640. The SMILES string of the molecule is CSc1ccc(C2c3c(n[nH]c3-c3ccc(C)cc3)OC(=N)C2C#N)cc1. The third-order valence-electron chi connectivity index (χ3n) is 4.86. The molecule has 27 heavy (non-hydrogen) atoms. The lowest BCUT2D eigenvalue weighted by Gasteiger charge is -2.28. The Labute approximate surface area is 161 Å². The number of hydrogen-bond donors (Lipinski definition) is 2. The van der Waals surface area contributed by atoms with E-state index in [-0.39, 0.29) is 11.8 Å². The molecule has 3 aromatic rings. The molecule has 134 valence electrons. The third-order valence-corrected chi connectivity index (χ3v) is 5.60. The molecule has 0 amide bonds. The number of aryl methyl sites for hydroxylation is 1. The first kappa shape index (κ1) is 17.4. The van der Waals surface area contributed by atoms with Crippen molar-refractivity contribution in [3.8, 4) is 23.2 Å². The zero-order chi connectivity index (χ0) is 19.0. The highest BCUT2D eigenvalue weighted by Crippen LogP contribution is 2.45. The number of nitrogens with one attached hydrogen (secondary N) is 2. The van der Waals surface area contributed by atoms with Gasteiger partial charge >= 0.3 is 0 Å². The van der Waals surface area contributed by atoms with Gasteiger partial charge in [0.2, 0.25) is 11.8 Å². The standard InChI is InChI=1S/C21H18N4OS/c1-12-3-5-14(6-4-12)19-18-17(13-7-9-15(27-2)10-8-13)16(11-22)20(23)26-21(18)25-24-19/h3-10,16-17,23H,1-2H3,(H,24,25). The van der Waals surface area contributed by atoms with Gasteiger partial charge in [-0.25, -0.2) is 0 Å². The molecule has 0 aliphatic carbocycles. The monoisotopic (exact) mass is 374 g/mol. The number of aromatic amines is 1. The Kier molecular flexibility index (Phi) is 4.46. The molecule has 1 aliphatic rings. The van der Waals surface area contributed by atoms with Crippen molar-refractivity contribution in [1.29, 1.82) is 10.7 Å². The van der Waals surface area contributed by atoms with E-state index in [2.05, 4.69) is 16.3 Å². The van der Waals surface area contributed by atoms with E-state index >= 15 is 0 Å². The summed E-state index contributed by atoms with van der Waals surface area (Å²) < 4.78 is 5.57. The molecule has 2 atom stereocenters. The predicted octanol–water partition coefficient (Wildman–Crippen LogP) is 4.75. The number of H-pyrrole nitrogens is 1. The van der Waals surface area contributed by atoms with E-state index < -0.39 is 5.92 Å². The maximum Gasteiger partial charge on any atom is 0.244 e. The fourth-order valence-corrected chi connectivity index (χ4v) is 3.84. The van der Waals surface area contributed by atoms with Gasteiger partial charge in [-0.15, -0.1) is 16.9 Å². The molecule has 2 N–H and O–H groups in total. The first-order valence-electron chi connectivity index (χ1n) is 8.57. The van der Waals surface area contributed by atoms with Crippen molar-refractivity contribution >= 4 is 17.7 Å². The van der Waals surface area contributed by atoms with Crippen molar-refractivity contribution < 1.29 is 4.74 Å². The van der Waals surface area contributed by atoms with Gasteiger partial charge in [-0.2, -0.15) is 5.26 Å². The fourth-order valence-electron chi connectivity index (χ4n) is 3.43. The van der Waals surface area contributed by atoms with Crippen LogP contribution in [0.2, 0.25) is 0 Å². The summed E-state index contributed by atoms with van der Waals surface area (Å²) in [7, 11) is 0. The lowest BCUT2D eigenvalue weighted by Crippen LogP contribution is -2.30. The molecule has 4 rings (SSSR count). The van der Waals surface area contributed by atoms with E-state index in [4.69, 9.17) is 10.1 Å². The normalized spacial score (nSPS) is 18.5. The number of hydrogen-bond acceptors (Lipinski definition) is 5. The van der Waals surface area contributed by atoms with Gasteiger partial charge in [0.1, 0.15) is 5.92 Å². The van der Waals surface area contributed by atoms with Crippen LogP contribution in [0.5, 0.6) is 5.88 Å². The van der Waals surface area contributed by atoms with Gasteiger partial charge < -0.3 is 4.74 Å². The molecule has 6 heteroatoms. The largest absolute Gasteiger partial charge is 0.422 e. The Morgan fingerprint density at radius 1 is 1.15 bits per heavy atom. The first-order valence-corrected chi connectivity index (χ1v) is 9.80. The molecule has 0 fully saturated rings. The molecule has 0 spiro atoms. The highest BCUT2D eigenvalue weighted by atomic mass is 32.2. The number of thioether (sulfide) groups is 1. The van der Waals surface area contributed by atoms with Crippen molar-refractivity contribution in [2.45, 2.75) is 17.7 Å². The average molecular weight is 374 g/mol. The Morgan fingerprint density at radius 2 is 1.85 bits per heavy atom. The van der Waals surface area contributed by atoms with E-state index in [1.165, 1.54) is 5.56 Å². The molecule has 2 unspecified atom stereocenters. The van der Waals surface area contributed by atoms with Crippen LogP contribution in [0.15, 0.2) is 53.4 Å². The van der Waals surface area contributed by atoms with Gasteiger partial charge in [0.25, 0.3) is 0 Å². The smallest absolute Gasteiger partial charge is 0.244 e. The van der Waals surface area contributed by atoms with Crippen LogP contribution in [-0.4, -0.2) is 22.4 Å². The number of ether oxygens (including phenoxy) is 1. The number of nitrogens with zero attached hydrogens (tertiary/aromatic N) is 2. The molecular formula is C21H18N4OS. The molecule has 1 aromatic heterocycles. The zero-order valence-electron chi connectivity index (χ0n) is 15.0. The van der Waals surface area contributed by atoms with Gasteiger partial charge in [0, 0.05) is 10.8 Å². The van der Waals surface area contributed by atoms with Crippen LogP contribution in [0, 0.1) is 29.6 Å². The molecule has 2 aromatic carbocycles. The van der Waals surface area contributed by atoms with Crippen LogP contribution in [0.4, 0.5) is 0 Å². The maximum atomic E-state index is 9.75. The van der Waals surface area contributed by atoms with Crippen LogP contribution < -0.4 is 4.74 Å². The minimum Gasteiger partial charge on any atom is -0.422 e. The fraction of sp³-hybridized carbons (Fsp3) is 0.190. The molecule has 0 saturated heterocycles. The second kappa shape index (κ2) is 6.93. The Morgan fingerprint density at radius 3 is 2.48 bits per heavy atom. The third kappa shape index (κ3) is 3.00. The van der Waals surface area contributed by atoms with Gasteiger partial charge in [-0.1, -0.05) is 42.0 Å².